The molecule has 0 bridgehead atoms. The molecule has 0 nitrogen and oxygen atoms in total. The first-order chi connectivity index (χ1) is 7.41. The quantitative estimate of drug-likeness (QED) is 0.611. The highest BCUT2D eigenvalue weighted by Gasteiger charge is 2.13. The second-order valence-corrected chi connectivity index (χ2v) is 5.83. The van der Waals surface area contributed by atoms with Gasteiger partial charge in [0.2, 0.25) is 0 Å². The number of halogens is 2. The normalized spacial score (nSPS) is 13.2. The molecule has 0 spiro atoms. The molecule has 1 aromatic rings. The van der Waals surface area contributed by atoms with Gasteiger partial charge in [-0.25, -0.2) is 0 Å². The van der Waals surface area contributed by atoms with Crippen LogP contribution in [0.5, 0.6) is 0 Å². The minimum atomic E-state index is 0.110. The average Bonchev–Trinajstić information content (AvgIpc) is 2.20. The highest BCUT2D eigenvalue weighted by atomic mass is 35.5. The van der Waals surface area contributed by atoms with Gasteiger partial charge in [-0.15, -0.1) is 11.6 Å². The number of alkyl halides is 1. The average molecular weight is 259 g/mol. The van der Waals surface area contributed by atoms with Crippen LogP contribution in [0.4, 0.5) is 0 Å². The molecular weight excluding hydrogens is 239 g/mol. The van der Waals surface area contributed by atoms with Gasteiger partial charge in [-0.1, -0.05) is 31.5 Å². The van der Waals surface area contributed by atoms with Crippen LogP contribution in [-0.2, 0) is 0 Å². The predicted octanol–water partition coefficient (Wildman–Crippen LogP) is 5.67. The van der Waals surface area contributed by atoms with Gasteiger partial charge in [0.15, 0.2) is 0 Å². The molecule has 0 fully saturated rings. The van der Waals surface area contributed by atoms with E-state index in [-0.39, 0.29) is 5.38 Å². The summed E-state index contributed by atoms with van der Waals surface area (Å²) in [5, 5.41) is 0.937. The van der Waals surface area contributed by atoms with Crippen LogP contribution < -0.4 is 0 Å². The van der Waals surface area contributed by atoms with Crippen molar-refractivity contribution in [1.29, 1.82) is 0 Å². The Hall–Kier alpha value is -0.200. The topological polar surface area (TPSA) is 0 Å². The zero-order valence-corrected chi connectivity index (χ0v) is 12.0. The zero-order valence-electron chi connectivity index (χ0n) is 10.5. The van der Waals surface area contributed by atoms with Crippen molar-refractivity contribution in [3.63, 3.8) is 0 Å². The Morgan fingerprint density at radius 3 is 2.25 bits per heavy atom. The van der Waals surface area contributed by atoms with Crippen molar-refractivity contribution in [2.75, 3.05) is 0 Å². The van der Waals surface area contributed by atoms with Crippen molar-refractivity contribution in [1.82, 2.24) is 0 Å². The summed E-state index contributed by atoms with van der Waals surface area (Å²) in [6, 6.07) is 4.13. The van der Waals surface area contributed by atoms with Crippen molar-refractivity contribution in [2.24, 2.45) is 5.92 Å². The Morgan fingerprint density at radius 1 is 1.06 bits per heavy atom. The van der Waals surface area contributed by atoms with E-state index in [1.165, 1.54) is 11.1 Å². The number of hydrogen-bond donors (Lipinski definition) is 0. The van der Waals surface area contributed by atoms with Gasteiger partial charge in [-0.3, -0.25) is 0 Å². The largest absolute Gasteiger partial charge is 0.118 e. The van der Waals surface area contributed by atoms with E-state index in [1.807, 2.05) is 13.0 Å². The van der Waals surface area contributed by atoms with E-state index < -0.39 is 0 Å². The van der Waals surface area contributed by atoms with Crippen LogP contribution in [0.3, 0.4) is 0 Å². The Labute approximate surface area is 109 Å². The molecule has 1 unspecified atom stereocenters. The molecule has 0 saturated heterocycles. The highest BCUT2D eigenvalue weighted by molar-refractivity contribution is 6.31. The summed E-state index contributed by atoms with van der Waals surface area (Å²) >= 11 is 12.5. The van der Waals surface area contributed by atoms with E-state index in [9.17, 15) is 0 Å². The molecule has 90 valence electrons. The lowest BCUT2D eigenvalue weighted by molar-refractivity contribution is 0.548. The Bertz CT molecular complexity index is 356. The van der Waals surface area contributed by atoms with Crippen LogP contribution in [0.15, 0.2) is 12.1 Å². The molecule has 0 aliphatic rings. The second-order valence-electron chi connectivity index (χ2n) is 4.90. The van der Waals surface area contributed by atoms with Crippen molar-refractivity contribution >= 4 is 23.2 Å². The van der Waals surface area contributed by atoms with Crippen molar-refractivity contribution in [3.05, 3.63) is 33.8 Å². The molecule has 1 aromatic carbocycles. The van der Waals surface area contributed by atoms with E-state index in [1.54, 1.807) is 0 Å². The first-order valence-corrected chi connectivity index (χ1v) is 6.64. The van der Waals surface area contributed by atoms with E-state index in [0.717, 1.165) is 23.4 Å². The fourth-order valence-corrected chi connectivity index (χ4v) is 2.36. The van der Waals surface area contributed by atoms with Gasteiger partial charge in [0, 0.05) is 5.02 Å². The maximum absolute atomic E-state index is 6.44. The summed E-state index contributed by atoms with van der Waals surface area (Å²) in [5.41, 5.74) is 3.53. The predicted molar refractivity (Wildman–Crippen MR) is 73.6 cm³/mol. The maximum atomic E-state index is 6.44. The van der Waals surface area contributed by atoms with Gasteiger partial charge < -0.3 is 0 Å². The molecule has 0 aliphatic heterocycles. The van der Waals surface area contributed by atoms with Gasteiger partial charge in [0.05, 0.1) is 5.38 Å². The van der Waals surface area contributed by atoms with Crippen LogP contribution in [0, 0.1) is 19.8 Å². The summed E-state index contributed by atoms with van der Waals surface area (Å²) in [5.74, 6) is 0.704. The smallest absolute Gasteiger partial charge is 0.0588 e. The minimum Gasteiger partial charge on any atom is -0.118 e. The molecule has 1 atom stereocenters. The molecule has 0 amide bonds. The summed E-state index contributed by atoms with van der Waals surface area (Å²) < 4.78 is 0. The fraction of sp³-hybridized carbons (Fsp3) is 0.571. The molecule has 0 aliphatic carbocycles. The number of benzene rings is 1. The van der Waals surface area contributed by atoms with Gasteiger partial charge in [-0.05, 0) is 55.4 Å². The minimum absolute atomic E-state index is 0.110. The van der Waals surface area contributed by atoms with E-state index in [2.05, 4.69) is 26.8 Å². The van der Waals surface area contributed by atoms with Gasteiger partial charge in [0.1, 0.15) is 0 Å². The molecule has 0 heterocycles. The number of aryl methyl sites for hydroxylation is 2. The molecule has 0 radical (unpaired) electrons. The van der Waals surface area contributed by atoms with Crippen LogP contribution in [0.25, 0.3) is 0 Å². The lowest BCUT2D eigenvalue weighted by atomic mass is 9.97. The first kappa shape index (κ1) is 13.9. The third-order valence-electron chi connectivity index (χ3n) is 2.88. The number of hydrogen-bond acceptors (Lipinski definition) is 0. The molecule has 2 heteroatoms. The molecule has 0 aromatic heterocycles. The van der Waals surface area contributed by atoms with Crippen molar-refractivity contribution < 1.29 is 0 Å². The van der Waals surface area contributed by atoms with Crippen molar-refractivity contribution in [3.8, 4) is 0 Å². The van der Waals surface area contributed by atoms with Crippen LogP contribution in [0.2, 0.25) is 5.02 Å². The third kappa shape index (κ3) is 3.68. The summed E-state index contributed by atoms with van der Waals surface area (Å²) in [6.07, 6.45) is 2.19. The SMILES string of the molecule is Cc1cc(C(Cl)CCC(C)C)c(C)cc1Cl. The second kappa shape index (κ2) is 5.93. The van der Waals surface area contributed by atoms with Crippen LogP contribution >= 0.6 is 23.2 Å². The Morgan fingerprint density at radius 2 is 1.69 bits per heavy atom. The Kier molecular flexibility index (Phi) is 5.14. The van der Waals surface area contributed by atoms with Gasteiger partial charge >= 0.3 is 0 Å². The monoisotopic (exact) mass is 258 g/mol. The molecule has 0 N–H and O–H groups in total. The fourth-order valence-electron chi connectivity index (χ4n) is 1.78. The standard InChI is InChI=1S/C14H20Cl2/c1-9(2)5-6-13(15)12-7-11(4)14(16)8-10(12)3/h7-9,13H,5-6H2,1-4H3. The van der Waals surface area contributed by atoms with Gasteiger partial charge in [0.25, 0.3) is 0 Å². The van der Waals surface area contributed by atoms with E-state index in [4.69, 9.17) is 23.2 Å². The van der Waals surface area contributed by atoms with E-state index >= 15 is 0 Å². The molecule has 1 rings (SSSR count). The maximum Gasteiger partial charge on any atom is 0.0588 e. The Balaban J connectivity index is 2.82. The summed E-state index contributed by atoms with van der Waals surface area (Å²) in [6.45, 7) is 8.55. The molecule has 16 heavy (non-hydrogen) atoms. The molecule has 0 saturated carbocycles. The van der Waals surface area contributed by atoms with Crippen LogP contribution in [-0.4, -0.2) is 0 Å². The van der Waals surface area contributed by atoms with Crippen LogP contribution in [0.1, 0.15) is 48.8 Å². The molecular formula is C14H20Cl2. The van der Waals surface area contributed by atoms with Crippen molar-refractivity contribution in [2.45, 2.75) is 45.9 Å². The van der Waals surface area contributed by atoms with Gasteiger partial charge in [-0.2, -0.15) is 0 Å². The highest BCUT2D eigenvalue weighted by Crippen LogP contribution is 2.32. The summed E-state index contributed by atoms with van der Waals surface area (Å²) in [4.78, 5) is 0. The van der Waals surface area contributed by atoms with E-state index in [0.29, 0.717) is 5.92 Å². The first-order valence-electron chi connectivity index (χ1n) is 5.82. The zero-order chi connectivity index (χ0) is 12.3. The lowest BCUT2D eigenvalue weighted by Gasteiger charge is -2.15. The third-order valence-corrected chi connectivity index (χ3v) is 3.74. The lowest BCUT2D eigenvalue weighted by Crippen LogP contribution is -1.98. The summed E-state index contributed by atoms with van der Waals surface area (Å²) in [7, 11) is 0. The number of rotatable bonds is 4.